The van der Waals surface area contributed by atoms with Gasteiger partial charge in [-0.2, -0.15) is 47.4 Å². The fourth-order valence-corrected chi connectivity index (χ4v) is 8.20. The van der Waals surface area contributed by atoms with Gasteiger partial charge in [0.15, 0.2) is 0 Å². The first-order valence-corrected chi connectivity index (χ1v) is 21.8. The Balaban J connectivity index is 8.11. The van der Waals surface area contributed by atoms with Crippen LogP contribution < -0.4 is 0 Å². The molecule has 0 saturated heterocycles. The van der Waals surface area contributed by atoms with Crippen LogP contribution in [0.3, 0.4) is 0 Å². The van der Waals surface area contributed by atoms with Gasteiger partial charge in [-0.25, -0.2) is 0 Å². The van der Waals surface area contributed by atoms with Crippen LogP contribution in [0, 0.1) is 126 Å². The molecule has 0 aromatic rings. The molecule has 0 aliphatic heterocycles. The number of nitriles is 9. The Labute approximate surface area is 355 Å². The largest absolute Gasteiger partial charge is 0.377 e. The molecule has 0 saturated carbocycles. The molecule has 13 nitrogen and oxygen atoms in total. The molecular weight excluding hydrogens is 743 g/mol. The molecule has 0 heterocycles. The van der Waals surface area contributed by atoms with Gasteiger partial charge in [-0.05, 0) is 94.8 Å². The number of hydrogen-bond acceptors (Lipinski definition) is 13. The van der Waals surface area contributed by atoms with Gasteiger partial charge in [0, 0.05) is 38.0 Å². The van der Waals surface area contributed by atoms with Crippen molar-refractivity contribution in [3.63, 3.8) is 0 Å². The summed E-state index contributed by atoms with van der Waals surface area (Å²) in [5, 5.41) is 86.4. The van der Waals surface area contributed by atoms with E-state index >= 15 is 0 Å². The van der Waals surface area contributed by atoms with E-state index in [0.717, 1.165) is 25.7 Å². The van der Waals surface area contributed by atoms with Crippen molar-refractivity contribution in [3.05, 3.63) is 0 Å². The van der Waals surface area contributed by atoms with Crippen molar-refractivity contribution >= 4 is 0 Å². The van der Waals surface area contributed by atoms with Crippen molar-refractivity contribution in [2.45, 2.75) is 185 Å². The van der Waals surface area contributed by atoms with Crippen LogP contribution >= 0.6 is 0 Å². The molecule has 8 unspecified atom stereocenters. The minimum absolute atomic E-state index is 0.0990. The summed E-state index contributed by atoms with van der Waals surface area (Å²) in [5.74, 6) is -0.910. The van der Waals surface area contributed by atoms with E-state index in [9.17, 15) is 47.4 Å². The molecule has 0 radical (unpaired) electrons. The van der Waals surface area contributed by atoms with Crippen LogP contribution in [-0.4, -0.2) is 50.8 Å². The molecule has 0 aromatic carbocycles. The van der Waals surface area contributed by atoms with Gasteiger partial charge in [0.2, 0.25) is 0 Å². The number of hydrogen-bond donors (Lipinski definition) is 0. The fourth-order valence-electron chi connectivity index (χ4n) is 8.20. The Morgan fingerprint density at radius 3 is 1.14 bits per heavy atom. The molecule has 0 aliphatic carbocycles. The van der Waals surface area contributed by atoms with Crippen LogP contribution in [0.4, 0.5) is 0 Å². The zero-order valence-electron chi connectivity index (χ0n) is 35.6. The Kier molecular flexibility index (Phi) is 36.8. The van der Waals surface area contributed by atoms with Crippen LogP contribution in [0.2, 0.25) is 0 Å². The summed E-state index contributed by atoms with van der Waals surface area (Å²) in [5.41, 5.74) is 0. The Hall–Kier alpha value is -4.75. The SMILES string of the molecule is CCCCCC(OCCC#N)C(CCCC#N)C(CCCC#N)C(CCCC#N)C(OCCC#N)C(CCCC#N)C(OCCC#N)C(CCCCC#N)OCCC#N. The van der Waals surface area contributed by atoms with Gasteiger partial charge < -0.3 is 18.9 Å². The van der Waals surface area contributed by atoms with Gasteiger partial charge in [-0.15, -0.1) is 0 Å². The molecule has 8 atom stereocenters. The van der Waals surface area contributed by atoms with E-state index < -0.39 is 24.2 Å². The van der Waals surface area contributed by atoms with Crippen LogP contribution in [0.25, 0.3) is 0 Å². The highest BCUT2D eigenvalue weighted by atomic mass is 16.5. The van der Waals surface area contributed by atoms with E-state index in [1.165, 1.54) is 0 Å². The number of ether oxygens (including phenoxy) is 4. The Morgan fingerprint density at radius 1 is 0.305 bits per heavy atom. The average Bonchev–Trinajstić information content (AvgIpc) is 3.24. The molecular formula is C46H67N9O4. The summed E-state index contributed by atoms with van der Waals surface area (Å²) in [7, 11) is 0. The summed E-state index contributed by atoms with van der Waals surface area (Å²) < 4.78 is 26.7. The van der Waals surface area contributed by atoms with Crippen LogP contribution in [0.1, 0.15) is 161 Å². The second kappa shape index (κ2) is 40.0. The highest BCUT2D eigenvalue weighted by molar-refractivity contribution is 4.96. The van der Waals surface area contributed by atoms with Crippen molar-refractivity contribution in [2.75, 3.05) is 26.4 Å². The maximum Gasteiger partial charge on any atom is 0.0890 e. The third-order valence-electron chi connectivity index (χ3n) is 10.8. The van der Waals surface area contributed by atoms with Gasteiger partial charge in [0.1, 0.15) is 0 Å². The standard InChI is InChI=1S/C46H67N9O4/c1-2-3-5-24-43(56-35-16-31-52)40(21-8-13-28-49)39(20-7-12-27-48)41(22-9-14-29-50)45(58-37-18-33-54)42(23-10-15-30-51)46(59-38-19-34-55)44(57-36-17-32-53)25-6-4-11-26-47/h39-46H,2-25,35-38H2,1H3. The molecule has 0 fully saturated rings. The molecule has 0 amide bonds. The lowest BCUT2D eigenvalue weighted by atomic mass is 9.66. The number of rotatable bonds is 39. The molecule has 59 heavy (non-hydrogen) atoms. The summed E-state index contributed by atoms with van der Waals surface area (Å²) in [6.07, 6.45) is 10.2. The highest BCUT2D eigenvalue weighted by Gasteiger charge is 2.45. The molecule has 0 aliphatic rings. The summed E-state index contributed by atoms with van der Waals surface area (Å²) in [4.78, 5) is 0. The summed E-state index contributed by atoms with van der Waals surface area (Å²) in [6.45, 7) is 2.75. The molecule has 13 heteroatoms. The highest BCUT2D eigenvalue weighted by Crippen LogP contribution is 2.44. The lowest BCUT2D eigenvalue weighted by Crippen LogP contribution is -2.50. The van der Waals surface area contributed by atoms with Gasteiger partial charge in [0.25, 0.3) is 0 Å². The number of nitrogens with zero attached hydrogens (tertiary/aromatic N) is 9. The van der Waals surface area contributed by atoms with Crippen molar-refractivity contribution in [3.8, 4) is 54.6 Å². The molecule has 0 bridgehead atoms. The monoisotopic (exact) mass is 810 g/mol. The van der Waals surface area contributed by atoms with Crippen LogP contribution in [-0.2, 0) is 18.9 Å². The number of unbranched alkanes of at least 4 members (excludes halogenated alkanes) is 8. The van der Waals surface area contributed by atoms with Gasteiger partial charge in [-0.3, -0.25) is 0 Å². The second-order valence-corrected chi connectivity index (χ2v) is 14.9. The fraction of sp³-hybridized carbons (Fsp3) is 0.804. The topological polar surface area (TPSA) is 251 Å². The summed E-state index contributed by atoms with van der Waals surface area (Å²) in [6, 6.07) is 20.1. The maximum absolute atomic E-state index is 9.78. The molecule has 0 N–H and O–H groups in total. The predicted molar refractivity (Wildman–Crippen MR) is 220 cm³/mol. The molecule has 0 rings (SSSR count). The van der Waals surface area contributed by atoms with Crippen LogP contribution in [0.15, 0.2) is 0 Å². The van der Waals surface area contributed by atoms with E-state index in [1.807, 2.05) is 0 Å². The van der Waals surface area contributed by atoms with E-state index in [0.29, 0.717) is 96.3 Å². The zero-order chi connectivity index (χ0) is 43.6. The molecule has 0 spiro atoms. The Bertz CT molecular complexity index is 1460. The van der Waals surface area contributed by atoms with Crippen molar-refractivity contribution < 1.29 is 18.9 Å². The quantitative estimate of drug-likeness (QED) is 0.0524. The molecule has 320 valence electrons. The smallest absolute Gasteiger partial charge is 0.0890 e. The molecule has 0 aromatic heterocycles. The predicted octanol–water partition coefficient (Wildman–Crippen LogP) is 10.1. The minimum Gasteiger partial charge on any atom is -0.377 e. The first-order chi connectivity index (χ1) is 29.0. The lowest BCUT2D eigenvalue weighted by Gasteiger charge is -2.46. The average molecular weight is 810 g/mol. The van der Waals surface area contributed by atoms with Gasteiger partial charge in [-0.1, -0.05) is 26.2 Å². The lowest BCUT2D eigenvalue weighted by molar-refractivity contribution is -0.154. The van der Waals surface area contributed by atoms with Crippen LogP contribution in [0.5, 0.6) is 0 Å². The van der Waals surface area contributed by atoms with Gasteiger partial charge >= 0.3 is 0 Å². The Morgan fingerprint density at radius 2 is 0.661 bits per heavy atom. The van der Waals surface area contributed by atoms with E-state index in [4.69, 9.17) is 18.9 Å². The second-order valence-electron chi connectivity index (χ2n) is 14.9. The normalized spacial score (nSPS) is 14.6. The van der Waals surface area contributed by atoms with E-state index in [2.05, 4.69) is 61.5 Å². The van der Waals surface area contributed by atoms with Crippen molar-refractivity contribution in [1.29, 1.82) is 47.4 Å². The third kappa shape index (κ3) is 25.4. The van der Waals surface area contributed by atoms with E-state index in [1.54, 1.807) is 0 Å². The maximum atomic E-state index is 9.78. The van der Waals surface area contributed by atoms with Gasteiger partial charge in [0.05, 0.1) is 131 Å². The first kappa shape index (κ1) is 54.2. The summed E-state index contributed by atoms with van der Waals surface area (Å²) >= 11 is 0. The van der Waals surface area contributed by atoms with E-state index in [-0.39, 0.29) is 82.4 Å². The zero-order valence-corrected chi connectivity index (χ0v) is 35.6. The minimum atomic E-state index is -0.655. The van der Waals surface area contributed by atoms with Crippen molar-refractivity contribution in [1.82, 2.24) is 0 Å². The van der Waals surface area contributed by atoms with Crippen molar-refractivity contribution in [2.24, 2.45) is 23.7 Å². The third-order valence-corrected chi connectivity index (χ3v) is 10.8. The first-order valence-electron chi connectivity index (χ1n) is 21.8.